The summed E-state index contributed by atoms with van der Waals surface area (Å²) in [5.41, 5.74) is 1.74. The van der Waals surface area contributed by atoms with E-state index in [-0.39, 0.29) is 37.0 Å². The molecule has 11 nitrogen and oxygen atoms in total. The molecule has 226 valence electrons. The van der Waals surface area contributed by atoms with E-state index in [1.54, 1.807) is 43.9 Å². The first-order valence-electron chi connectivity index (χ1n) is 14.3. The van der Waals surface area contributed by atoms with Crippen LogP contribution >= 0.6 is 0 Å². The van der Waals surface area contributed by atoms with Crippen molar-refractivity contribution in [2.45, 2.75) is 77.5 Å². The fourth-order valence-electron chi connectivity index (χ4n) is 5.25. The number of carboxylic acid groups (broad SMARTS) is 1. The van der Waals surface area contributed by atoms with Gasteiger partial charge in [0.05, 0.1) is 25.3 Å². The predicted octanol–water partition coefficient (Wildman–Crippen LogP) is 4.81. The highest BCUT2D eigenvalue weighted by molar-refractivity contribution is 6.07. The Balaban J connectivity index is 1.48. The van der Waals surface area contributed by atoms with Gasteiger partial charge in [0.15, 0.2) is 0 Å². The number of rotatable bonds is 13. The molecule has 2 aromatic carbocycles. The number of amides is 5. The fraction of sp³-hybridized carbons (Fsp3) is 0.484. The molecule has 5 amide bonds. The number of carbonyl (C=O) groups is 4. The molecule has 4 N–H and O–H groups in total. The second-order valence-electron chi connectivity index (χ2n) is 11.8. The van der Waals surface area contributed by atoms with Crippen LogP contribution in [0.5, 0.6) is 5.75 Å². The summed E-state index contributed by atoms with van der Waals surface area (Å²) >= 11 is 0. The highest BCUT2D eigenvalue weighted by Gasteiger charge is 2.53. The van der Waals surface area contributed by atoms with Crippen molar-refractivity contribution in [3.05, 3.63) is 53.6 Å². The van der Waals surface area contributed by atoms with Gasteiger partial charge in [-0.2, -0.15) is 0 Å². The quantitative estimate of drug-likeness (QED) is 0.250. The third-order valence-electron chi connectivity index (χ3n) is 7.95. The number of benzene rings is 2. The molecule has 1 saturated carbocycles. The summed E-state index contributed by atoms with van der Waals surface area (Å²) in [5.74, 6) is -0.304. The molecule has 0 bridgehead atoms. The summed E-state index contributed by atoms with van der Waals surface area (Å²) < 4.78 is 5.54. The van der Waals surface area contributed by atoms with Crippen LogP contribution in [0.25, 0.3) is 0 Å². The highest BCUT2D eigenvalue weighted by atomic mass is 16.5. The zero-order valence-corrected chi connectivity index (χ0v) is 24.9. The zero-order chi connectivity index (χ0) is 30.6. The lowest BCUT2D eigenvalue weighted by atomic mass is 10.0. The number of hydrogen-bond donors (Lipinski definition) is 4. The van der Waals surface area contributed by atoms with Crippen molar-refractivity contribution in [2.75, 3.05) is 24.3 Å². The number of anilines is 2. The number of carbonyl (C=O) groups excluding carboxylic acids is 3. The van der Waals surface area contributed by atoms with Crippen LogP contribution in [0.15, 0.2) is 42.5 Å². The third kappa shape index (κ3) is 7.20. The lowest BCUT2D eigenvalue weighted by molar-refractivity contribution is -0.137. The molecule has 4 rings (SSSR count). The van der Waals surface area contributed by atoms with Crippen LogP contribution in [-0.2, 0) is 16.1 Å². The van der Waals surface area contributed by atoms with Crippen LogP contribution in [0, 0.1) is 12.8 Å². The van der Waals surface area contributed by atoms with Gasteiger partial charge in [-0.05, 0) is 69.4 Å². The number of nitrogens with one attached hydrogen (secondary N) is 3. The van der Waals surface area contributed by atoms with Crippen LogP contribution in [-0.4, -0.2) is 70.1 Å². The second-order valence-corrected chi connectivity index (χ2v) is 11.8. The van der Waals surface area contributed by atoms with Crippen molar-refractivity contribution >= 4 is 35.3 Å². The maximum Gasteiger partial charge on any atom is 0.328 e. The van der Waals surface area contributed by atoms with E-state index in [9.17, 15) is 19.2 Å². The van der Waals surface area contributed by atoms with Crippen molar-refractivity contribution in [3.63, 3.8) is 0 Å². The highest BCUT2D eigenvalue weighted by Crippen LogP contribution is 2.38. The van der Waals surface area contributed by atoms with E-state index in [1.165, 1.54) is 12.0 Å². The topological polar surface area (TPSA) is 140 Å². The summed E-state index contributed by atoms with van der Waals surface area (Å²) in [5, 5.41) is 18.0. The Hall–Kier alpha value is -4.12. The molecule has 2 aromatic rings. The Labute approximate surface area is 246 Å². The Morgan fingerprint density at radius 1 is 1.10 bits per heavy atom. The molecule has 1 aliphatic carbocycles. The molecular weight excluding hydrogens is 538 g/mol. The minimum Gasteiger partial charge on any atom is -0.495 e. The van der Waals surface area contributed by atoms with Crippen LogP contribution in [0.1, 0.15) is 57.6 Å². The molecule has 0 aromatic heterocycles. The van der Waals surface area contributed by atoms with Crippen molar-refractivity contribution in [3.8, 4) is 5.75 Å². The normalized spacial score (nSPS) is 17.6. The molecule has 1 aliphatic heterocycles. The van der Waals surface area contributed by atoms with Crippen LogP contribution in [0.4, 0.5) is 21.0 Å². The first-order chi connectivity index (χ1) is 19.9. The number of hydrogen-bond acceptors (Lipinski definition) is 6. The Bertz CT molecular complexity index is 1340. The predicted molar refractivity (Wildman–Crippen MR) is 160 cm³/mol. The van der Waals surface area contributed by atoms with Gasteiger partial charge in [-0.3, -0.25) is 14.5 Å². The SMILES string of the molecule is COc1cc(CN2C(=O)N(C(CNC(C)CC(=O)O)CC3CC3)C(=O)C2(C)C)ccc1NC(=O)Nc1ccccc1C. The molecule has 42 heavy (non-hydrogen) atoms. The van der Waals surface area contributed by atoms with E-state index < -0.39 is 17.5 Å². The van der Waals surface area contributed by atoms with Gasteiger partial charge < -0.3 is 30.7 Å². The number of carboxylic acids is 1. The molecule has 2 unspecified atom stereocenters. The van der Waals surface area contributed by atoms with Gasteiger partial charge in [0.1, 0.15) is 11.3 Å². The van der Waals surface area contributed by atoms with Gasteiger partial charge in [-0.25, -0.2) is 9.59 Å². The number of para-hydroxylation sites is 1. The lowest BCUT2D eigenvalue weighted by Gasteiger charge is -2.28. The number of aryl methyl sites for hydroxylation is 1. The van der Waals surface area contributed by atoms with Crippen molar-refractivity contribution < 1.29 is 29.0 Å². The van der Waals surface area contributed by atoms with Gasteiger partial charge in [-0.15, -0.1) is 0 Å². The van der Waals surface area contributed by atoms with Crippen LogP contribution in [0.2, 0.25) is 0 Å². The molecule has 0 radical (unpaired) electrons. The van der Waals surface area contributed by atoms with E-state index in [1.807, 2.05) is 31.2 Å². The number of aliphatic carboxylic acids is 1. The van der Waals surface area contributed by atoms with Crippen molar-refractivity contribution in [1.82, 2.24) is 15.1 Å². The Kier molecular flexibility index (Phi) is 9.40. The molecule has 2 aliphatic rings. The molecule has 2 fully saturated rings. The minimum atomic E-state index is -1.08. The molecule has 1 heterocycles. The minimum absolute atomic E-state index is 0.0457. The fourth-order valence-corrected chi connectivity index (χ4v) is 5.25. The van der Waals surface area contributed by atoms with Gasteiger partial charge in [-0.1, -0.05) is 37.1 Å². The number of imide groups is 1. The van der Waals surface area contributed by atoms with E-state index in [4.69, 9.17) is 9.84 Å². The summed E-state index contributed by atoms with van der Waals surface area (Å²) in [6.07, 6.45) is 2.77. The summed E-state index contributed by atoms with van der Waals surface area (Å²) in [6, 6.07) is 11.3. The number of urea groups is 2. The Morgan fingerprint density at radius 2 is 1.79 bits per heavy atom. The van der Waals surface area contributed by atoms with E-state index >= 15 is 0 Å². The van der Waals surface area contributed by atoms with Gasteiger partial charge in [0.2, 0.25) is 0 Å². The molecule has 2 atom stereocenters. The van der Waals surface area contributed by atoms with Gasteiger partial charge >= 0.3 is 18.0 Å². The van der Waals surface area contributed by atoms with E-state index in [0.29, 0.717) is 36.0 Å². The first-order valence-corrected chi connectivity index (χ1v) is 14.3. The lowest BCUT2D eigenvalue weighted by Crippen LogP contribution is -2.49. The van der Waals surface area contributed by atoms with E-state index in [2.05, 4.69) is 16.0 Å². The maximum absolute atomic E-state index is 13.8. The first kappa shape index (κ1) is 30.8. The van der Waals surface area contributed by atoms with Crippen LogP contribution in [0.3, 0.4) is 0 Å². The van der Waals surface area contributed by atoms with E-state index in [0.717, 1.165) is 24.0 Å². The van der Waals surface area contributed by atoms with Crippen molar-refractivity contribution in [2.24, 2.45) is 5.92 Å². The number of ether oxygens (including phenoxy) is 1. The zero-order valence-electron chi connectivity index (χ0n) is 24.9. The molecular formula is C31H41N5O6. The second kappa shape index (κ2) is 12.8. The summed E-state index contributed by atoms with van der Waals surface area (Å²) in [6.45, 7) is 7.67. The molecule has 11 heteroatoms. The largest absolute Gasteiger partial charge is 0.495 e. The van der Waals surface area contributed by atoms with Gasteiger partial charge in [0, 0.05) is 24.8 Å². The van der Waals surface area contributed by atoms with Gasteiger partial charge in [0.25, 0.3) is 5.91 Å². The number of nitrogens with zero attached hydrogens (tertiary/aromatic N) is 2. The molecule has 0 spiro atoms. The summed E-state index contributed by atoms with van der Waals surface area (Å²) in [7, 11) is 1.50. The third-order valence-corrected chi connectivity index (χ3v) is 7.95. The maximum atomic E-state index is 13.8. The average Bonchev–Trinajstić information content (AvgIpc) is 3.73. The smallest absolute Gasteiger partial charge is 0.328 e. The van der Waals surface area contributed by atoms with Crippen LogP contribution < -0.4 is 20.7 Å². The monoisotopic (exact) mass is 579 g/mol. The average molecular weight is 580 g/mol. The summed E-state index contributed by atoms with van der Waals surface area (Å²) in [4.78, 5) is 54.1. The number of methoxy groups -OCH3 is 1. The molecule has 1 saturated heterocycles. The van der Waals surface area contributed by atoms with Crippen molar-refractivity contribution in [1.29, 1.82) is 0 Å². The standard InChI is InChI=1S/C31H41N5O6/c1-19-8-6-7-9-24(19)33-29(40)34-25-13-12-22(16-26(25)42-5)18-35-30(41)36(28(39)31(35,3)4)23(15-21-10-11-21)17-32-20(2)14-27(37)38/h6-9,12-13,16,20-21,23,32H,10-11,14-15,17-18H2,1-5H3,(H,37,38)(H2,33,34,40). The Morgan fingerprint density at radius 3 is 2.43 bits per heavy atom.